The van der Waals surface area contributed by atoms with E-state index < -0.39 is 6.10 Å². The van der Waals surface area contributed by atoms with Crippen molar-refractivity contribution >= 4 is 17.2 Å². The first-order valence-corrected chi connectivity index (χ1v) is 7.92. The molecule has 0 saturated heterocycles. The van der Waals surface area contributed by atoms with Crippen LogP contribution in [0.3, 0.4) is 0 Å². The molecular weight excluding hydrogens is 258 g/mol. The molecule has 1 heterocycles. The van der Waals surface area contributed by atoms with Gasteiger partial charge in [0.2, 0.25) is 5.91 Å². The molecule has 1 aliphatic rings. The summed E-state index contributed by atoms with van der Waals surface area (Å²) in [4.78, 5) is 14.7. The summed E-state index contributed by atoms with van der Waals surface area (Å²) in [5, 5.41) is 12.8. The lowest BCUT2D eigenvalue weighted by Gasteiger charge is -2.18. The normalized spacial score (nSPS) is 24.4. The van der Waals surface area contributed by atoms with Crippen LogP contribution in [0.25, 0.3) is 0 Å². The third-order valence-electron chi connectivity index (χ3n) is 3.96. The monoisotopic (exact) mass is 281 g/mol. The highest BCUT2D eigenvalue weighted by Crippen LogP contribution is 2.29. The lowest BCUT2D eigenvalue weighted by Crippen LogP contribution is -2.36. The summed E-state index contributed by atoms with van der Waals surface area (Å²) in [6.45, 7) is 6.29. The first-order chi connectivity index (χ1) is 9.02. The van der Waals surface area contributed by atoms with Crippen LogP contribution in [0.2, 0.25) is 0 Å². The molecule has 1 saturated carbocycles. The average Bonchev–Trinajstić information content (AvgIpc) is 2.95. The summed E-state index contributed by atoms with van der Waals surface area (Å²) < 4.78 is 0. The van der Waals surface area contributed by atoms with Crippen molar-refractivity contribution in [1.82, 2.24) is 5.32 Å². The van der Waals surface area contributed by atoms with Gasteiger partial charge in [-0.2, -0.15) is 0 Å². The summed E-state index contributed by atoms with van der Waals surface area (Å²) in [7, 11) is 0. The van der Waals surface area contributed by atoms with E-state index in [2.05, 4.69) is 25.2 Å². The Labute approximate surface area is 119 Å². The average molecular weight is 281 g/mol. The van der Waals surface area contributed by atoms with Crippen molar-refractivity contribution in [2.75, 3.05) is 0 Å². The van der Waals surface area contributed by atoms with E-state index in [0.717, 1.165) is 25.7 Å². The van der Waals surface area contributed by atoms with Crippen molar-refractivity contribution < 1.29 is 9.90 Å². The number of aliphatic hydroxyl groups excluding tert-OH is 1. The predicted molar refractivity (Wildman–Crippen MR) is 78.3 cm³/mol. The van der Waals surface area contributed by atoms with E-state index in [0.29, 0.717) is 0 Å². The fourth-order valence-corrected chi connectivity index (χ4v) is 3.87. The van der Waals surface area contributed by atoms with Gasteiger partial charge in [-0.05, 0) is 51.2 Å². The molecule has 1 aromatic rings. The van der Waals surface area contributed by atoms with Crippen molar-refractivity contribution in [2.24, 2.45) is 5.92 Å². The van der Waals surface area contributed by atoms with Crippen LogP contribution >= 0.6 is 11.3 Å². The van der Waals surface area contributed by atoms with E-state index in [9.17, 15) is 9.90 Å². The summed E-state index contributed by atoms with van der Waals surface area (Å²) in [6, 6.07) is 2.20. The molecular formula is C15H23NO2S. The minimum absolute atomic E-state index is 0.00148. The maximum atomic E-state index is 12.1. The molecule has 3 unspecified atom stereocenters. The topological polar surface area (TPSA) is 49.3 Å². The molecule has 1 fully saturated rings. The Kier molecular flexibility index (Phi) is 4.63. The molecule has 0 aromatic carbocycles. The van der Waals surface area contributed by atoms with Gasteiger partial charge < -0.3 is 10.4 Å². The van der Waals surface area contributed by atoms with Crippen LogP contribution in [0.5, 0.6) is 0 Å². The molecule has 0 radical (unpaired) electrons. The quantitative estimate of drug-likeness (QED) is 0.891. The minimum atomic E-state index is -0.455. The van der Waals surface area contributed by atoms with Crippen LogP contribution in [0, 0.1) is 12.8 Å². The van der Waals surface area contributed by atoms with Gasteiger partial charge in [-0.1, -0.05) is 6.92 Å². The number of hydrogen-bond acceptors (Lipinski definition) is 3. The zero-order valence-corrected chi connectivity index (χ0v) is 12.7. The van der Waals surface area contributed by atoms with Gasteiger partial charge in [0, 0.05) is 9.75 Å². The van der Waals surface area contributed by atoms with E-state index in [1.807, 2.05) is 6.92 Å². The maximum absolute atomic E-state index is 12.1. The third-order valence-corrected chi connectivity index (χ3v) is 5.53. The molecule has 0 aliphatic heterocycles. The van der Waals surface area contributed by atoms with E-state index >= 15 is 0 Å². The molecule has 3 nitrogen and oxygen atoms in total. The molecule has 2 rings (SSSR count). The Morgan fingerprint density at radius 3 is 2.84 bits per heavy atom. The number of carbonyl (C=O) groups excluding carboxylic acids is 1. The summed E-state index contributed by atoms with van der Waals surface area (Å²) in [5.41, 5.74) is 1.31. The Morgan fingerprint density at radius 1 is 1.58 bits per heavy atom. The first kappa shape index (κ1) is 14.5. The van der Waals surface area contributed by atoms with Gasteiger partial charge in [0.05, 0.1) is 18.1 Å². The third kappa shape index (κ3) is 3.18. The largest absolute Gasteiger partial charge is 0.392 e. The number of aryl methyl sites for hydroxylation is 2. The fraction of sp³-hybridized carbons (Fsp3) is 0.667. The van der Waals surface area contributed by atoms with Crippen molar-refractivity contribution in [3.63, 3.8) is 0 Å². The number of aliphatic hydroxyl groups is 1. The lowest BCUT2D eigenvalue weighted by atomic mass is 10.0. The predicted octanol–water partition coefficient (Wildman–Crippen LogP) is 2.96. The molecule has 1 aromatic heterocycles. The van der Waals surface area contributed by atoms with Gasteiger partial charge in [-0.15, -0.1) is 11.3 Å². The molecule has 2 N–H and O–H groups in total. The Bertz CT molecular complexity index is 455. The Balaban J connectivity index is 1.99. The van der Waals surface area contributed by atoms with E-state index in [-0.39, 0.29) is 17.9 Å². The van der Waals surface area contributed by atoms with Gasteiger partial charge >= 0.3 is 0 Å². The number of hydrogen-bond donors (Lipinski definition) is 2. The maximum Gasteiger partial charge on any atom is 0.226 e. The molecule has 1 aliphatic carbocycles. The molecule has 106 valence electrons. The highest BCUT2D eigenvalue weighted by Gasteiger charge is 2.32. The van der Waals surface area contributed by atoms with Crippen molar-refractivity contribution in [2.45, 2.75) is 58.6 Å². The number of nitrogens with one attached hydrogen (secondary N) is 1. The van der Waals surface area contributed by atoms with Crippen molar-refractivity contribution in [3.8, 4) is 0 Å². The molecule has 4 heteroatoms. The molecule has 19 heavy (non-hydrogen) atoms. The molecule has 0 spiro atoms. The number of rotatable bonds is 4. The number of carbonyl (C=O) groups is 1. The zero-order chi connectivity index (χ0) is 14.0. The van der Waals surface area contributed by atoms with E-state index in [1.165, 1.54) is 15.3 Å². The van der Waals surface area contributed by atoms with Gasteiger partial charge in [0.15, 0.2) is 0 Å². The SMILES string of the molecule is CCc1sc(C(C)NC(=O)C2CCCC2O)cc1C. The smallest absolute Gasteiger partial charge is 0.226 e. The summed E-state index contributed by atoms with van der Waals surface area (Å²) in [5.74, 6) is -0.212. The summed E-state index contributed by atoms with van der Waals surface area (Å²) in [6.07, 6.45) is 3.10. The molecule has 0 bridgehead atoms. The molecule has 1 amide bonds. The molecule has 3 atom stereocenters. The second-order valence-corrected chi connectivity index (χ2v) is 6.61. The number of amides is 1. The minimum Gasteiger partial charge on any atom is -0.392 e. The van der Waals surface area contributed by atoms with Gasteiger partial charge in [-0.25, -0.2) is 0 Å². The fourth-order valence-electron chi connectivity index (χ4n) is 2.75. The highest BCUT2D eigenvalue weighted by molar-refractivity contribution is 7.12. The van der Waals surface area contributed by atoms with Crippen molar-refractivity contribution in [3.05, 3.63) is 21.4 Å². The van der Waals surface area contributed by atoms with Gasteiger partial charge in [-0.3, -0.25) is 4.79 Å². The standard InChI is InChI=1S/C15H23NO2S/c1-4-13-9(2)8-14(19-13)10(3)16-15(18)11-6-5-7-12(11)17/h8,10-12,17H,4-7H2,1-3H3,(H,16,18). The van der Waals surface area contributed by atoms with E-state index in [1.54, 1.807) is 11.3 Å². The Hall–Kier alpha value is -0.870. The number of thiophene rings is 1. The second kappa shape index (κ2) is 6.06. The van der Waals surface area contributed by atoms with Crippen LogP contribution < -0.4 is 5.32 Å². The van der Waals surface area contributed by atoms with Crippen LogP contribution in [-0.2, 0) is 11.2 Å². The van der Waals surface area contributed by atoms with Crippen LogP contribution in [0.15, 0.2) is 6.07 Å². The Morgan fingerprint density at radius 2 is 2.32 bits per heavy atom. The lowest BCUT2D eigenvalue weighted by molar-refractivity contribution is -0.128. The van der Waals surface area contributed by atoms with Crippen LogP contribution in [0.4, 0.5) is 0 Å². The second-order valence-electron chi connectivity index (χ2n) is 5.44. The zero-order valence-electron chi connectivity index (χ0n) is 11.9. The van der Waals surface area contributed by atoms with Crippen molar-refractivity contribution in [1.29, 1.82) is 0 Å². The summed E-state index contributed by atoms with van der Waals surface area (Å²) >= 11 is 1.78. The highest BCUT2D eigenvalue weighted by atomic mass is 32.1. The van der Waals surface area contributed by atoms with Gasteiger partial charge in [0.1, 0.15) is 0 Å². The van der Waals surface area contributed by atoms with E-state index in [4.69, 9.17) is 0 Å². The van der Waals surface area contributed by atoms with Crippen LogP contribution in [-0.4, -0.2) is 17.1 Å². The van der Waals surface area contributed by atoms with Crippen LogP contribution in [0.1, 0.15) is 54.5 Å². The van der Waals surface area contributed by atoms with Gasteiger partial charge in [0.25, 0.3) is 0 Å². The first-order valence-electron chi connectivity index (χ1n) is 7.10.